The average Bonchev–Trinajstić information content (AvgIpc) is 3.52. The summed E-state index contributed by atoms with van der Waals surface area (Å²) in [6, 6.07) is 12.3. The Bertz CT molecular complexity index is 1710. The SMILES string of the molecule is COC(=O)CC[C@@H](C)[C@H]1CC[C@H]2[C@@H]3CC[C@@H]4C[C@H](OC(=O)Cc5ccc([N+](=O)[O-])cc5)CC[C@]4(C)[C@H]3C[C@H](OC(=O)CCc3ccc([N+](=O)[O-])cc3)[C@]12C. The quantitative estimate of drug-likeness (QED) is 0.0841. The van der Waals surface area contributed by atoms with Gasteiger partial charge >= 0.3 is 17.9 Å². The van der Waals surface area contributed by atoms with Gasteiger partial charge in [-0.25, -0.2) is 0 Å². The molecule has 0 bridgehead atoms. The molecule has 0 aromatic heterocycles. The highest BCUT2D eigenvalue weighted by Crippen LogP contribution is 2.69. The molecule has 12 heteroatoms. The van der Waals surface area contributed by atoms with Crippen LogP contribution in [-0.2, 0) is 41.4 Å². The second kappa shape index (κ2) is 16.2. The number of hydrogen-bond donors (Lipinski definition) is 0. The molecule has 4 aliphatic rings. The topological polar surface area (TPSA) is 165 Å². The minimum atomic E-state index is -0.460. The molecule has 54 heavy (non-hydrogen) atoms. The molecule has 2 aromatic rings. The fraction of sp³-hybridized carbons (Fsp3) is 0.643. The summed E-state index contributed by atoms with van der Waals surface area (Å²) in [6.45, 7) is 6.97. The van der Waals surface area contributed by atoms with Gasteiger partial charge in [0.2, 0.25) is 0 Å². The fourth-order valence-electron chi connectivity index (χ4n) is 11.4. The second-order valence-corrected chi connectivity index (χ2v) is 16.9. The number of carbonyl (C=O) groups is 3. The third-order valence-electron chi connectivity index (χ3n) is 14.3. The Balaban J connectivity index is 1.16. The number of nitro groups is 2. The van der Waals surface area contributed by atoms with E-state index in [0.29, 0.717) is 42.1 Å². The van der Waals surface area contributed by atoms with Crippen molar-refractivity contribution in [2.45, 2.75) is 116 Å². The van der Waals surface area contributed by atoms with Gasteiger partial charge in [-0.05, 0) is 116 Å². The van der Waals surface area contributed by atoms with Crippen LogP contribution in [0.15, 0.2) is 48.5 Å². The van der Waals surface area contributed by atoms with Crippen LogP contribution in [0, 0.1) is 66.6 Å². The molecule has 10 atom stereocenters. The lowest BCUT2D eigenvalue weighted by molar-refractivity contribution is -0.385. The predicted octanol–water partition coefficient (Wildman–Crippen LogP) is 8.36. The van der Waals surface area contributed by atoms with Crippen molar-refractivity contribution in [1.29, 1.82) is 0 Å². The molecule has 0 amide bonds. The maximum atomic E-state index is 13.7. The minimum Gasteiger partial charge on any atom is -0.469 e. The smallest absolute Gasteiger partial charge is 0.310 e. The van der Waals surface area contributed by atoms with Gasteiger partial charge in [0, 0.05) is 42.5 Å². The Morgan fingerprint density at radius 3 is 2.06 bits per heavy atom. The lowest BCUT2D eigenvalue weighted by atomic mass is 9.43. The van der Waals surface area contributed by atoms with E-state index in [9.17, 15) is 34.6 Å². The van der Waals surface area contributed by atoms with Gasteiger partial charge in [0.1, 0.15) is 12.2 Å². The van der Waals surface area contributed by atoms with Gasteiger partial charge in [0.05, 0.1) is 23.4 Å². The molecule has 0 aliphatic heterocycles. The lowest BCUT2D eigenvalue weighted by Crippen LogP contribution is -2.59. The lowest BCUT2D eigenvalue weighted by Gasteiger charge is -2.62. The maximum Gasteiger partial charge on any atom is 0.310 e. The minimum absolute atomic E-state index is 0.00349. The summed E-state index contributed by atoms with van der Waals surface area (Å²) in [4.78, 5) is 60.0. The van der Waals surface area contributed by atoms with Crippen LogP contribution in [0.3, 0.4) is 0 Å². The Kier molecular flexibility index (Phi) is 11.8. The van der Waals surface area contributed by atoms with Gasteiger partial charge in [-0.15, -0.1) is 0 Å². The van der Waals surface area contributed by atoms with Crippen LogP contribution in [-0.4, -0.2) is 47.1 Å². The van der Waals surface area contributed by atoms with E-state index in [-0.39, 0.29) is 77.0 Å². The number of ether oxygens (including phenoxy) is 3. The number of rotatable bonds is 13. The van der Waals surface area contributed by atoms with Crippen LogP contribution in [0.25, 0.3) is 0 Å². The first-order chi connectivity index (χ1) is 25.7. The summed E-state index contributed by atoms with van der Waals surface area (Å²) in [5.74, 6) is 1.33. The molecule has 0 unspecified atom stereocenters. The first-order valence-corrected chi connectivity index (χ1v) is 19.6. The van der Waals surface area contributed by atoms with Crippen LogP contribution >= 0.6 is 0 Å². The Labute approximate surface area is 317 Å². The first-order valence-electron chi connectivity index (χ1n) is 19.6. The third-order valence-corrected chi connectivity index (χ3v) is 14.3. The second-order valence-electron chi connectivity index (χ2n) is 16.9. The van der Waals surface area contributed by atoms with Crippen LogP contribution in [0.2, 0.25) is 0 Å². The zero-order valence-electron chi connectivity index (χ0n) is 31.9. The highest BCUT2D eigenvalue weighted by Gasteiger charge is 2.65. The van der Waals surface area contributed by atoms with Crippen molar-refractivity contribution in [2.24, 2.45) is 46.3 Å². The number of esters is 3. The maximum absolute atomic E-state index is 13.7. The van der Waals surface area contributed by atoms with Crippen LogP contribution in [0.1, 0.15) is 103 Å². The summed E-state index contributed by atoms with van der Waals surface area (Å²) < 4.78 is 17.6. The normalized spacial score (nSPS) is 31.9. The zero-order chi connectivity index (χ0) is 38.8. The molecule has 4 aliphatic carbocycles. The molecule has 0 heterocycles. The first kappa shape index (κ1) is 39.3. The number of methoxy groups -OCH3 is 1. The third kappa shape index (κ3) is 8.03. The molecule has 292 valence electrons. The number of non-ortho nitro benzene ring substituents is 2. The summed E-state index contributed by atoms with van der Waals surface area (Å²) in [7, 11) is 1.42. The van der Waals surface area contributed by atoms with Gasteiger partial charge < -0.3 is 14.2 Å². The van der Waals surface area contributed by atoms with Crippen molar-refractivity contribution in [3.8, 4) is 0 Å². The summed E-state index contributed by atoms with van der Waals surface area (Å²) in [6.07, 6.45) is 8.76. The van der Waals surface area contributed by atoms with Crippen molar-refractivity contribution >= 4 is 29.3 Å². The van der Waals surface area contributed by atoms with E-state index < -0.39 is 9.85 Å². The number of carbonyl (C=O) groups excluding carboxylic acids is 3. The number of aryl methyl sites for hydroxylation is 1. The highest BCUT2D eigenvalue weighted by molar-refractivity contribution is 5.73. The van der Waals surface area contributed by atoms with Crippen molar-refractivity contribution in [2.75, 3.05) is 7.11 Å². The van der Waals surface area contributed by atoms with E-state index in [1.54, 1.807) is 24.3 Å². The number of hydrogen-bond acceptors (Lipinski definition) is 10. The standard InChI is InChI=1S/C42H54N2O10/c1-26(5-19-38(45)52-4)34-17-18-35-33-16-11-29-24-32(53-40(47)23-28-8-14-31(15-9-28)44(50)51)21-22-41(29,2)36(33)25-37(42(34,35)3)54-39(46)20-10-27-6-12-30(13-7-27)43(48)49/h6-9,12-15,26,29,32-37H,5,10-11,16-25H2,1-4H3/t26-,29-,32-,33+,34-,35+,36+,37+,41+,42-/m1/s1. The van der Waals surface area contributed by atoms with Crippen LogP contribution < -0.4 is 0 Å². The molecule has 0 N–H and O–H groups in total. The number of fused-ring (bicyclic) bond motifs is 5. The molecular weight excluding hydrogens is 692 g/mol. The van der Waals surface area contributed by atoms with E-state index in [2.05, 4.69) is 20.8 Å². The van der Waals surface area contributed by atoms with Crippen LogP contribution in [0.4, 0.5) is 11.4 Å². The van der Waals surface area contributed by atoms with Crippen LogP contribution in [0.5, 0.6) is 0 Å². The molecule has 6 rings (SSSR count). The largest absolute Gasteiger partial charge is 0.469 e. The van der Waals surface area contributed by atoms with Gasteiger partial charge in [-0.2, -0.15) is 0 Å². The van der Waals surface area contributed by atoms with Crippen molar-refractivity contribution in [3.63, 3.8) is 0 Å². The zero-order valence-corrected chi connectivity index (χ0v) is 31.9. The summed E-state index contributed by atoms with van der Waals surface area (Å²) >= 11 is 0. The Morgan fingerprint density at radius 1 is 0.778 bits per heavy atom. The van der Waals surface area contributed by atoms with Crippen molar-refractivity contribution in [1.82, 2.24) is 0 Å². The summed E-state index contributed by atoms with van der Waals surface area (Å²) in [5, 5.41) is 22.1. The summed E-state index contributed by atoms with van der Waals surface area (Å²) in [5.41, 5.74) is 1.28. The molecule has 0 spiro atoms. The van der Waals surface area contributed by atoms with E-state index >= 15 is 0 Å². The Hall–Kier alpha value is -4.35. The number of nitrogens with zero attached hydrogens (tertiary/aromatic N) is 2. The van der Waals surface area contributed by atoms with Gasteiger partial charge in [0.15, 0.2) is 0 Å². The monoisotopic (exact) mass is 746 g/mol. The highest BCUT2D eigenvalue weighted by atomic mass is 16.6. The molecule has 2 aromatic carbocycles. The fourth-order valence-corrected chi connectivity index (χ4v) is 11.4. The average molecular weight is 747 g/mol. The molecule has 0 saturated heterocycles. The molecule has 4 fully saturated rings. The predicted molar refractivity (Wildman–Crippen MR) is 199 cm³/mol. The van der Waals surface area contributed by atoms with Gasteiger partial charge in [-0.1, -0.05) is 45.0 Å². The van der Waals surface area contributed by atoms with E-state index in [1.807, 2.05) is 0 Å². The molecular formula is C42H54N2O10. The van der Waals surface area contributed by atoms with E-state index in [0.717, 1.165) is 63.4 Å². The van der Waals surface area contributed by atoms with Crippen molar-refractivity contribution < 1.29 is 38.4 Å². The molecule has 12 nitrogen and oxygen atoms in total. The van der Waals surface area contributed by atoms with E-state index in [4.69, 9.17) is 14.2 Å². The molecule has 0 radical (unpaired) electrons. The van der Waals surface area contributed by atoms with Crippen molar-refractivity contribution in [3.05, 3.63) is 79.9 Å². The van der Waals surface area contributed by atoms with Gasteiger partial charge in [-0.3, -0.25) is 34.6 Å². The number of nitro benzene ring substituents is 2. The molecule has 4 saturated carbocycles. The van der Waals surface area contributed by atoms with E-state index in [1.165, 1.54) is 31.4 Å². The van der Waals surface area contributed by atoms with Gasteiger partial charge in [0.25, 0.3) is 11.4 Å². The Morgan fingerprint density at radius 2 is 1.43 bits per heavy atom. The number of benzene rings is 2.